The maximum absolute atomic E-state index is 12.1. The molecule has 0 saturated carbocycles. The van der Waals surface area contributed by atoms with Crippen LogP contribution in [0.4, 0.5) is 11.4 Å². The third kappa shape index (κ3) is 5.06. The van der Waals surface area contributed by atoms with Crippen molar-refractivity contribution < 1.29 is 4.86 Å². The first-order valence-electron chi connectivity index (χ1n) is 5.60. The summed E-state index contributed by atoms with van der Waals surface area (Å²) in [4.78, 5) is 0.536. The molecule has 0 atom stereocenters. The maximum atomic E-state index is 12.1. The number of halogens is 4. The van der Waals surface area contributed by atoms with Gasteiger partial charge in [-0.2, -0.15) is 0 Å². The third-order valence-electron chi connectivity index (χ3n) is 2.48. The van der Waals surface area contributed by atoms with Crippen LogP contribution >= 0.6 is 39.8 Å². The van der Waals surface area contributed by atoms with Gasteiger partial charge in [0, 0.05) is 0 Å². The fraction of sp³-hybridized carbons (Fsp3) is 0. The average molecular weight is 488 g/mol. The van der Waals surface area contributed by atoms with Crippen molar-refractivity contribution in [2.24, 2.45) is 5.11 Å². The fourth-order valence-corrected chi connectivity index (χ4v) is 5.52. The Balaban J connectivity index is 2.32. The van der Waals surface area contributed by atoms with E-state index in [0.717, 1.165) is 8.70 Å². The molecule has 0 N–H and O–H groups in total. The zero-order valence-electron chi connectivity index (χ0n) is 10.3. The van der Waals surface area contributed by atoms with Gasteiger partial charge in [0.25, 0.3) is 0 Å². The van der Waals surface area contributed by atoms with Gasteiger partial charge < -0.3 is 0 Å². The Labute approximate surface area is 148 Å². The summed E-state index contributed by atoms with van der Waals surface area (Å²) in [5, 5.41) is 16.1. The summed E-state index contributed by atoms with van der Waals surface area (Å²) in [6.07, 6.45) is 0. The zero-order chi connectivity index (χ0) is 15.4. The van der Waals surface area contributed by atoms with Gasteiger partial charge in [0.2, 0.25) is 0 Å². The molecule has 0 bridgehead atoms. The second kappa shape index (κ2) is 8.11. The quantitative estimate of drug-likeness (QED) is 0.278. The molecule has 0 aromatic heterocycles. The molecule has 0 fully saturated rings. The summed E-state index contributed by atoms with van der Waals surface area (Å²) in [7, 11) is 23.7. The van der Waals surface area contributed by atoms with Crippen LogP contribution in [0.1, 0.15) is 0 Å². The normalized spacial score (nSPS) is 12.2. The Morgan fingerprint density at radius 2 is 1.43 bits per heavy atom. The summed E-state index contributed by atoms with van der Waals surface area (Å²) in [5.41, 5.74) is 0.879. The predicted octanol–water partition coefficient (Wildman–Crippen LogP) is 3.96. The van der Waals surface area contributed by atoms with Crippen LogP contribution in [0, 0.1) is 5.21 Å². The number of hydrogen-bond donors (Lipinski definition) is 0. The monoisotopic (exact) mass is 486 g/mol. The summed E-state index contributed by atoms with van der Waals surface area (Å²) in [6, 6.07) is 13.9. The van der Waals surface area contributed by atoms with Crippen molar-refractivity contribution in [2.75, 3.05) is 0 Å². The van der Waals surface area contributed by atoms with Crippen LogP contribution in [0.3, 0.4) is 0 Å². The van der Waals surface area contributed by atoms with E-state index in [-0.39, 0.29) is 0 Å². The van der Waals surface area contributed by atoms with Gasteiger partial charge in [-0.25, -0.2) is 0 Å². The summed E-state index contributed by atoms with van der Waals surface area (Å²) in [6.45, 7) is 0. The minimum absolute atomic E-state index is 0.379. The zero-order valence-corrected chi connectivity index (χ0v) is 17.1. The molecular formula is C12H8As2Cl4N2O. The van der Waals surface area contributed by atoms with E-state index in [4.69, 9.17) is 39.8 Å². The van der Waals surface area contributed by atoms with Crippen molar-refractivity contribution >= 4 is 85.4 Å². The SMILES string of the molecule is [O-][N+](=Nc1cccc([As](Cl)Cl)c1)c1cccc([As](Cl)Cl)c1. The van der Waals surface area contributed by atoms with Crippen molar-refractivity contribution in [1.82, 2.24) is 0 Å². The Kier molecular flexibility index (Phi) is 6.74. The van der Waals surface area contributed by atoms with Gasteiger partial charge in [-0.1, -0.05) is 0 Å². The summed E-state index contributed by atoms with van der Waals surface area (Å²) < 4.78 is 1.60. The van der Waals surface area contributed by atoms with E-state index < -0.39 is 25.5 Å². The molecule has 9 heteroatoms. The Bertz CT molecular complexity index is 667. The molecule has 0 heterocycles. The second-order valence-electron chi connectivity index (χ2n) is 3.88. The molecule has 0 radical (unpaired) electrons. The van der Waals surface area contributed by atoms with Gasteiger partial charge in [0.05, 0.1) is 0 Å². The minimum atomic E-state index is -2.06. The van der Waals surface area contributed by atoms with Crippen LogP contribution < -0.4 is 8.70 Å². The average Bonchev–Trinajstić information content (AvgIpc) is 2.47. The molecule has 0 spiro atoms. The van der Waals surface area contributed by atoms with Gasteiger partial charge in [-0.15, -0.1) is 0 Å². The second-order valence-corrected chi connectivity index (χ2v) is 16.8. The molecular weight excluding hydrogens is 480 g/mol. The summed E-state index contributed by atoms with van der Waals surface area (Å²) >= 11 is -4.09. The van der Waals surface area contributed by atoms with Crippen LogP contribution in [0.15, 0.2) is 53.6 Å². The standard InChI is InChI=1S/C12H8As2Cl4N2O/c15-13(16)9-3-1-5-11(7-9)19-20(21)12-6-2-4-10(8-12)14(17)18/h1-8H. The van der Waals surface area contributed by atoms with E-state index in [9.17, 15) is 5.21 Å². The molecule has 0 amide bonds. The van der Waals surface area contributed by atoms with Crippen molar-refractivity contribution in [3.63, 3.8) is 0 Å². The predicted molar refractivity (Wildman–Crippen MR) is 92.4 cm³/mol. The van der Waals surface area contributed by atoms with Crippen molar-refractivity contribution in [1.29, 1.82) is 0 Å². The fourth-order valence-electron chi connectivity index (χ4n) is 1.54. The number of benzene rings is 2. The van der Waals surface area contributed by atoms with Crippen molar-refractivity contribution in [3.8, 4) is 0 Å². The molecule has 110 valence electrons. The first-order valence-corrected chi connectivity index (χ1v) is 17.3. The van der Waals surface area contributed by atoms with Crippen molar-refractivity contribution in [3.05, 3.63) is 53.7 Å². The molecule has 2 rings (SSSR count). The van der Waals surface area contributed by atoms with Crippen LogP contribution in [-0.2, 0) is 0 Å². The molecule has 3 nitrogen and oxygen atoms in total. The first-order chi connectivity index (χ1) is 9.97. The number of rotatable bonds is 4. The van der Waals surface area contributed by atoms with E-state index >= 15 is 0 Å². The third-order valence-corrected chi connectivity index (χ3v) is 9.34. The van der Waals surface area contributed by atoms with Gasteiger partial charge >= 0.3 is 149 Å². The van der Waals surface area contributed by atoms with Crippen LogP contribution in [0.2, 0.25) is 0 Å². The van der Waals surface area contributed by atoms with Crippen LogP contribution in [-0.4, -0.2) is 30.4 Å². The molecule has 0 saturated heterocycles. The van der Waals surface area contributed by atoms with Crippen LogP contribution in [0.25, 0.3) is 0 Å². The molecule has 0 aliphatic heterocycles. The van der Waals surface area contributed by atoms with Crippen LogP contribution in [0.5, 0.6) is 0 Å². The molecule has 0 unspecified atom stereocenters. The summed E-state index contributed by atoms with van der Waals surface area (Å²) in [5.74, 6) is 0. The van der Waals surface area contributed by atoms with Gasteiger partial charge in [-0.3, -0.25) is 0 Å². The number of azo groups is 1. The van der Waals surface area contributed by atoms with E-state index in [1.54, 1.807) is 42.5 Å². The van der Waals surface area contributed by atoms with Crippen molar-refractivity contribution in [2.45, 2.75) is 0 Å². The Morgan fingerprint density at radius 3 is 2.05 bits per heavy atom. The molecule has 0 aliphatic carbocycles. The molecule has 0 aliphatic rings. The van der Waals surface area contributed by atoms with E-state index in [1.165, 1.54) is 0 Å². The van der Waals surface area contributed by atoms with Gasteiger partial charge in [0.15, 0.2) is 0 Å². The Hall–Kier alpha value is 0.117. The van der Waals surface area contributed by atoms with E-state index in [0.29, 0.717) is 16.2 Å². The molecule has 21 heavy (non-hydrogen) atoms. The number of nitrogens with zero attached hydrogens (tertiary/aromatic N) is 2. The Morgan fingerprint density at radius 1 is 0.857 bits per heavy atom. The number of hydrogen-bond acceptors (Lipinski definition) is 2. The first kappa shape index (κ1) is 17.5. The molecule has 2 aromatic carbocycles. The van der Waals surface area contributed by atoms with Gasteiger partial charge in [0.1, 0.15) is 0 Å². The molecule has 2 aromatic rings. The topological polar surface area (TPSA) is 38.4 Å². The van der Waals surface area contributed by atoms with E-state index in [2.05, 4.69) is 5.11 Å². The van der Waals surface area contributed by atoms with Gasteiger partial charge in [-0.05, 0) is 0 Å². The van der Waals surface area contributed by atoms with E-state index in [1.807, 2.05) is 6.07 Å².